The first-order valence-electron chi connectivity index (χ1n) is 6.72. The molecule has 102 valence electrons. The Morgan fingerprint density at radius 1 is 1.15 bits per heavy atom. The van der Waals surface area contributed by atoms with Crippen LogP contribution in [0.5, 0.6) is 0 Å². The molecule has 0 radical (unpaired) electrons. The second kappa shape index (κ2) is 5.63. The zero-order chi connectivity index (χ0) is 13.9. The summed E-state index contributed by atoms with van der Waals surface area (Å²) in [7, 11) is 0. The smallest absolute Gasteiger partial charge is 0.228 e. The van der Waals surface area contributed by atoms with Crippen molar-refractivity contribution in [1.82, 2.24) is 4.98 Å². The zero-order valence-electron chi connectivity index (χ0n) is 11.0. The number of nitrogens with one attached hydrogen (secondary N) is 1. The molecule has 3 nitrogen and oxygen atoms in total. The molecule has 0 aliphatic heterocycles. The van der Waals surface area contributed by atoms with E-state index in [1.165, 1.54) is 11.1 Å². The minimum Gasteiger partial charge on any atom is -0.310 e. The summed E-state index contributed by atoms with van der Waals surface area (Å²) in [5, 5.41) is 3.23. The van der Waals surface area contributed by atoms with Gasteiger partial charge in [-0.05, 0) is 42.5 Å². The Labute approximate surface area is 123 Å². The zero-order valence-corrected chi connectivity index (χ0v) is 11.7. The maximum Gasteiger partial charge on any atom is 0.228 e. The molecule has 1 atom stereocenters. The van der Waals surface area contributed by atoms with Crippen LogP contribution in [0.4, 0.5) is 5.82 Å². The van der Waals surface area contributed by atoms with Crippen LogP contribution in [-0.4, -0.2) is 10.9 Å². The van der Waals surface area contributed by atoms with Crippen molar-refractivity contribution in [2.45, 2.75) is 19.3 Å². The molecule has 1 N–H and O–H groups in total. The summed E-state index contributed by atoms with van der Waals surface area (Å²) >= 11 is 5.82. The van der Waals surface area contributed by atoms with E-state index in [1.54, 1.807) is 18.2 Å². The molecular weight excluding hydrogens is 272 g/mol. The molecule has 0 fully saturated rings. The van der Waals surface area contributed by atoms with E-state index in [9.17, 15) is 4.79 Å². The summed E-state index contributed by atoms with van der Waals surface area (Å²) in [6.45, 7) is 0. The van der Waals surface area contributed by atoms with Crippen molar-refractivity contribution in [2.24, 2.45) is 5.92 Å². The van der Waals surface area contributed by atoms with E-state index in [0.717, 1.165) is 19.3 Å². The number of carbonyl (C=O) groups excluding carboxylic acids is 1. The average molecular weight is 287 g/mol. The molecule has 0 saturated heterocycles. The molecular formula is C16H15ClN2O. The molecule has 1 aromatic heterocycles. The van der Waals surface area contributed by atoms with Crippen LogP contribution in [0.2, 0.25) is 5.15 Å². The molecule has 1 unspecified atom stereocenters. The number of fused-ring (bicyclic) bond motifs is 1. The van der Waals surface area contributed by atoms with Crippen LogP contribution < -0.4 is 5.32 Å². The Balaban J connectivity index is 1.70. The Morgan fingerprint density at radius 2 is 1.95 bits per heavy atom. The Bertz CT molecular complexity index is 642. The topological polar surface area (TPSA) is 42.0 Å². The third-order valence-electron chi connectivity index (χ3n) is 3.68. The minimum absolute atomic E-state index is 0.00526. The van der Waals surface area contributed by atoms with E-state index < -0.39 is 0 Å². The van der Waals surface area contributed by atoms with Crippen LogP contribution >= 0.6 is 11.6 Å². The van der Waals surface area contributed by atoms with Crippen LogP contribution in [0.3, 0.4) is 0 Å². The van der Waals surface area contributed by atoms with Gasteiger partial charge in [-0.3, -0.25) is 4.79 Å². The first-order chi connectivity index (χ1) is 9.72. The highest BCUT2D eigenvalue weighted by atomic mass is 35.5. The van der Waals surface area contributed by atoms with Crippen molar-refractivity contribution < 1.29 is 4.79 Å². The van der Waals surface area contributed by atoms with Gasteiger partial charge in [-0.2, -0.15) is 0 Å². The first-order valence-corrected chi connectivity index (χ1v) is 7.10. The standard InChI is InChI=1S/C16H15ClN2O/c17-14-6-3-7-15(18-14)19-16(20)13-9-8-11-4-1-2-5-12(11)10-13/h1-7,13H,8-10H2,(H,18,19,20). The SMILES string of the molecule is O=C(Nc1cccc(Cl)n1)C1CCc2ccccc2C1. The van der Waals surface area contributed by atoms with Crippen LogP contribution in [0.25, 0.3) is 0 Å². The van der Waals surface area contributed by atoms with Gasteiger partial charge in [-0.25, -0.2) is 4.98 Å². The first kappa shape index (κ1) is 13.1. The molecule has 1 heterocycles. The number of hydrogen-bond donors (Lipinski definition) is 1. The van der Waals surface area contributed by atoms with Gasteiger partial charge in [-0.15, -0.1) is 0 Å². The molecule has 20 heavy (non-hydrogen) atoms. The normalized spacial score (nSPS) is 17.4. The number of aryl methyl sites for hydroxylation is 1. The van der Waals surface area contributed by atoms with E-state index in [0.29, 0.717) is 11.0 Å². The summed E-state index contributed by atoms with van der Waals surface area (Å²) < 4.78 is 0. The van der Waals surface area contributed by atoms with E-state index in [-0.39, 0.29) is 11.8 Å². The Hall–Kier alpha value is -1.87. The van der Waals surface area contributed by atoms with Crippen LogP contribution in [0.1, 0.15) is 17.5 Å². The molecule has 2 aromatic rings. The lowest BCUT2D eigenvalue weighted by Gasteiger charge is -2.23. The van der Waals surface area contributed by atoms with E-state index >= 15 is 0 Å². The molecule has 0 saturated carbocycles. The molecule has 4 heteroatoms. The number of benzene rings is 1. The minimum atomic E-state index is 0.00526. The third kappa shape index (κ3) is 2.83. The van der Waals surface area contributed by atoms with Crippen LogP contribution in [-0.2, 0) is 17.6 Å². The molecule has 0 bridgehead atoms. The maximum absolute atomic E-state index is 12.3. The molecule has 1 aliphatic rings. The Kier molecular flexibility index (Phi) is 3.70. The number of pyridine rings is 1. The second-order valence-corrected chi connectivity index (χ2v) is 5.43. The van der Waals surface area contributed by atoms with Crippen molar-refractivity contribution in [3.05, 3.63) is 58.7 Å². The largest absolute Gasteiger partial charge is 0.310 e. The molecule has 1 aromatic carbocycles. The summed E-state index contributed by atoms with van der Waals surface area (Å²) in [4.78, 5) is 16.4. The predicted octanol–water partition coefficient (Wildman–Crippen LogP) is 3.48. The van der Waals surface area contributed by atoms with E-state index in [1.807, 2.05) is 6.07 Å². The lowest BCUT2D eigenvalue weighted by Crippen LogP contribution is -2.28. The van der Waals surface area contributed by atoms with E-state index in [4.69, 9.17) is 11.6 Å². The summed E-state index contributed by atoms with van der Waals surface area (Å²) in [6, 6.07) is 13.5. The van der Waals surface area contributed by atoms with Gasteiger partial charge in [-0.1, -0.05) is 41.9 Å². The number of hydrogen-bond acceptors (Lipinski definition) is 2. The van der Waals surface area contributed by atoms with Crippen molar-refractivity contribution in [1.29, 1.82) is 0 Å². The number of aromatic nitrogens is 1. The number of carbonyl (C=O) groups is 1. The van der Waals surface area contributed by atoms with Gasteiger partial charge in [0.25, 0.3) is 0 Å². The number of anilines is 1. The fourth-order valence-corrected chi connectivity index (χ4v) is 2.79. The van der Waals surface area contributed by atoms with Gasteiger partial charge in [0.15, 0.2) is 0 Å². The van der Waals surface area contributed by atoms with Gasteiger partial charge < -0.3 is 5.32 Å². The van der Waals surface area contributed by atoms with Gasteiger partial charge in [0.1, 0.15) is 11.0 Å². The van der Waals surface area contributed by atoms with Crippen molar-refractivity contribution >= 4 is 23.3 Å². The summed E-state index contributed by atoms with van der Waals surface area (Å²) in [5.41, 5.74) is 2.63. The monoisotopic (exact) mass is 286 g/mol. The quantitative estimate of drug-likeness (QED) is 0.859. The number of halogens is 1. The highest BCUT2D eigenvalue weighted by Gasteiger charge is 2.24. The van der Waals surface area contributed by atoms with Crippen molar-refractivity contribution in [3.63, 3.8) is 0 Å². The molecule has 1 amide bonds. The van der Waals surface area contributed by atoms with E-state index in [2.05, 4.69) is 28.5 Å². The third-order valence-corrected chi connectivity index (χ3v) is 3.89. The van der Waals surface area contributed by atoms with Crippen molar-refractivity contribution in [2.75, 3.05) is 5.32 Å². The lowest BCUT2D eigenvalue weighted by atomic mass is 9.83. The summed E-state index contributed by atoms with van der Waals surface area (Å²) in [6.07, 6.45) is 2.63. The average Bonchev–Trinajstić information content (AvgIpc) is 2.47. The van der Waals surface area contributed by atoms with Crippen LogP contribution in [0, 0.1) is 5.92 Å². The molecule has 0 spiro atoms. The highest BCUT2D eigenvalue weighted by Crippen LogP contribution is 2.26. The van der Waals surface area contributed by atoms with Gasteiger partial charge >= 0.3 is 0 Å². The van der Waals surface area contributed by atoms with Crippen LogP contribution in [0.15, 0.2) is 42.5 Å². The fraction of sp³-hybridized carbons (Fsp3) is 0.250. The van der Waals surface area contributed by atoms with Crippen molar-refractivity contribution in [3.8, 4) is 0 Å². The highest BCUT2D eigenvalue weighted by molar-refractivity contribution is 6.29. The van der Waals surface area contributed by atoms with Gasteiger partial charge in [0.05, 0.1) is 0 Å². The van der Waals surface area contributed by atoms with Gasteiger partial charge in [0, 0.05) is 5.92 Å². The number of nitrogens with zero attached hydrogens (tertiary/aromatic N) is 1. The fourth-order valence-electron chi connectivity index (χ4n) is 2.63. The number of rotatable bonds is 2. The molecule has 3 rings (SSSR count). The predicted molar refractivity (Wildman–Crippen MR) is 79.8 cm³/mol. The lowest BCUT2D eigenvalue weighted by molar-refractivity contribution is -0.120. The number of amides is 1. The Morgan fingerprint density at radius 3 is 2.75 bits per heavy atom. The summed E-state index contributed by atoms with van der Waals surface area (Å²) in [5.74, 6) is 0.543. The second-order valence-electron chi connectivity index (χ2n) is 5.04. The molecule has 1 aliphatic carbocycles. The maximum atomic E-state index is 12.3. The van der Waals surface area contributed by atoms with Gasteiger partial charge in [0.2, 0.25) is 5.91 Å².